The Morgan fingerprint density at radius 1 is 1.50 bits per heavy atom. The Morgan fingerprint density at radius 2 is 2.39 bits per heavy atom. The number of nitrogens with zero attached hydrogens (tertiary/aromatic N) is 1. The summed E-state index contributed by atoms with van der Waals surface area (Å²) in [6, 6.07) is 4.79. The lowest BCUT2D eigenvalue weighted by Gasteiger charge is -2.45. The molecule has 2 heterocycles. The topological polar surface area (TPSA) is 42.4 Å². The van der Waals surface area contributed by atoms with Crippen molar-refractivity contribution >= 4 is 11.8 Å². The fourth-order valence-corrected chi connectivity index (χ4v) is 4.28. The van der Waals surface area contributed by atoms with Crippen LogP contribution in [0.25, 0.3) is 0 Å². The van der Waals surface area contributed by atoms with E-state index >= 15 is 0 Å². The van der Waals surface area contributed by atoms with Gasteiger partial charge in [0.05, 0.1) is 12.8 Å². The fourth-order valence-electron chi connectivity index (χ4n) is 2.98. The third kappa shape index (κ3) is 2.46. The molecule has 4 heteroatoms. The quantitative estimate of drug-likeness (QED) is 0.889. The Morgan fingerprint density at radius 3 is 2.94 bits per heavy atom. The molecule has 1 aliphatic carbocycles. The van der Waals surface area contributed by atoms with E-state index in [1.54, 1.807) is 6.26 Å². The van der Waals surface area contributed by atoms with Crippen molar-refractivity contribution in [3.63, 3.8) is 0 Å². The average molecular weight is 266 g/mol. The van der Waals surface area contributed by atoms with Crippen molar-refractivity contribution in [1.29, 1.82) is 0 Å². The molecule has 0 amide bonds. The van der Waals surface area contributed by atoms with Crippen LogP contribution >= 0.6 is 11.8 Å². The van der Waals surface area contributed by atoms with Gasteiger partial charge in [0.2, 0.25) is 0 Å². The van der Waals surface area contributed by atoms with Crippen LogP contribution in [0.3, 0.4) is 0 Å². The van der Waals surface area contributed by atoms with Gasteiger partial charge in [0.15, 0.2) is 0 Å². The van der Waals surface area contributed by atoms with Gasteiger partial charge in [-0.3, -0.25) is 4.90 Å². The molecular weight excluding hydrogens is 244 g/mol. The summed E-state index contributed by atoms with van der Waals surface area (Å²) in [4.78, 5) is 2.64. The number of furan rings is 1. The first-order valence-corrected chi connectivity index (χ1v) is 8.06. The molecule has 1 saturated carbocycles. The highest BCUT2D eigenvalue weighted by Gasteiger charge is 2.44. The molecule has 1 atom stereocenters. The third-order valence-corrected chi connectivity index (χ3v) is 5.50. The number of rotatable bonds is 5. The minimum Gasteiger partial charge on any atom is -0.468 e. The lowest BCUT2D eigenvalue weighted by Crippen LogP contribution is -2.57. The Balaban J connectivity index is 1.78. The van der Waals surface area contributed by atoms with E-state index in [0.29, 0.717) is 0 Å². The minimum absolute atomic E-state index is 0.205. The second-order valence-corrected chi connectivity index (χ2v) is 6.63. The van der Waals surface area contributed by atoms with Gasteiger partial charge in [0.1, 0.15) is 5.76 Å². The van der Waals surface area contributed by atoms with Crippen molar-refractivity contribution in [2.45, 2.75) is 43.8 Å². The monoisotopic (exact) mass is 266 g/mol. The van der Waals surface area contributed by atoms with Gasteiger partial charge in [-0.1, -0.05) is 0 Å². The van der Waals surface area contributed by atoms with Crippen molar-refractivity contribution < 1.29 is 4.42 Å². The normalized spacial score (nSPS) is 28.8. The van der Waals surface area contributed by atoms with Gasteiger partial charge in [0.25, 0.3) is 0 Å². The summed E-state index contributed by atoms with van der Waals surface area (Å²) < 4.78 is 5.53. The highest BCUT2D eigenvalue weighted by molar-refractivity contribution is 7.99. The predicted molar refractivity (Wildman–Crippen MR) is 75.6 cm³/mol. The van der Waals surface area contributed by atoms with E-state index in [2.05, 4.69) is 22.7 Å². The van der Waals surface area contributed by atoms with Gasteiger partial charge < -0.3 is 10.2 Å². The van der Waals surface area contributed by atoms with E-state index < -0.39 is 0 Å². The zero-order chi connectivity index (χ0) is 12.4. The summed E-state index contributed by atoms with van der Waals surface area (Å²) >= 11 is 2.06. The van der Waals surface area contributed by atoms with Crippen LogP contribution in [0.5, 0.6) is 0 Å². The predicted octanol–water partition coefficient (Wildman–Crippen LogP) is 2.47. The molecule has 1 aromatic rings. The Labute approximate surface area is 113 Å². The van der Waals surface area contributed by atoms with Gasteiger partial charge in [-0.05, 0) is 43.6 Å². The molecule has 2 fully saturated rings. The first-order chi connectivity index (χ1) is 8.84. The Kier molecular flexibility index (Phi) is 3.68. The van der Waals surface area contributed by atoms with Gasteiger partial charge in [-0.25, -0.2) is 0 Å². The molecule has 2 aliphatic rings. The number of thioether (sulfide) groups is 1. The van der Waals surface area contributed by atoms with Crippen LogP contribution in [-0.4, -0.2) is 34.5 Å². The molecule has 1 saturated heterocycles. The SMILES string of the molecule is NCC1(N(Cc2ccco2)C2CC2)CCCSC1. The van der Waals surface area contributed by atoms with Crippen LogP contribution in [0.2, 0.25) is 0 Å². The third-order valence-electron chi connectivity index (χ3n) is 4.18. The first-order valence-electron chi connectivity index (χ1n) is 6.91. The number of hydrogen-bond acceptors (Lipinski definition) is 4. The highest BCUT2D eigenvalue weighted by atomic mass is 32.2. The highest BCUT2D eigenvalue weighted by Crippen LogP contribution is 2.40. The average Bonchev–Trinajstić information content (AvgIpc) is 3.13. The van der Waals surface area contributed by atoms with E-state index in [1.165, 1.54) is 37.2 Å². The molecule has 2 N–H and O–H groups in total. The molecule has 18 heavy (non-hydrogen) atoms. The van der Waals surface area contributed by atoms with Crippen molar-refractivity contribution in [3.05, 3.63) is 24.2 Å². The molecule has 1 aromatic heterocycles. The smallest absolute Gasteiger partial charge is 0.117 e. The molecule has 0 spiro atoms. The lowest BCUT2D eigenvalue weighted by molar-refractivity contribution is 0.0771. The van der Waals surface area contributed by atoms with Crippen LogP contribution in [-0.2, 0) is 6.54 Å². The van der Waals surface area contributed by atoms with Crippen molar-refractivity contribution in [1.82, 2.24) is 4.90 Å². The molecule has 1 aliphatic heterocycles. The molecular formula is C14H22N2OS. The number of hydrogen-bond donors (Lipinski definition) is 1. The maximum absolute atomic E-state index is 6.15. The Bertz CT molecular complexity index is 369. The molecule has 1 unspecified atom stereocenters. The lowest BCUT2D eigenvalue weighted by atomic mass is 9.92. The van der Waals surface area contributed by atoms with Gasteiger partial charge in [-0.15, -0.1) is 0 Å². The number of nitrogens with two attached hydrogens (primary N) is 1. The summed E-state index contributed by atoms with van der Waals surface area (Å²) in [6.45, 7) is 1.70. The summed E-state index contributed by atoms with van der Waals surface area (Å²) in [6.07, 6.45) is 6.96. The molecule has 0 radical (unpaired) electrons. The summed E-state index contributed by atoms with van der Waals surface area (Å²) in [5, 5.41) is 0. The minimum atomic E-state index is 0.205. The summed E-state index contributed by atoms with van der Waals surface area (Å²) in [5.74, 6) is 3.55. The maximum atomic E-state index is 6.15. The largest absolute Gasteiger partial charge is 0.468 e. The van der Waals surface area contributed by atoms with Crippen molar-refractivity contribution in [3.8, 4) is 0 Å². The van der Waals surface area contributed by atoms with E-state index in [1.807, 2.05) is 6.07 Å². The van der Waals surface area contributed by atoms with Crippen LogP contribution < -0.4 is 5.73 Å². The second-order valence-electron chi connectivity index (χ2n) is 5.52. The van der Waals surface area contributed by atoms with E-state index in [-0.39, 0.29) is 5.54 Å². The molecule has 0 aromatic carbocycles. The van der Waals surface area contributed by atoms with Gasteiger partial charge in [-0.2, -0.15) is 11.8 Å². The zero-order valence-electron chi connectivity index (χ0n) is 10.8. The van der Waals surface area contributed by atoms with Crippen molar-refractivity contribution in [2.75, 3.05) is 18.1 Å². The Hall–Kier alpha value is -0.450. The summed E-state index contributed by atoms with van der Waals surface area (Å²) in [5.41, 5.74) is 6.35. The molecule has 100 valence electrons. The van der Waals surface area contributed by atoms with E-state index in [4.69, 9.17) is 10.2 Å². The van der Waals surface area contributed by atoms with Gasteiger partial charge in [0, 0.05) is 23.9 Å². The summed E-state index contributed by atoms with van der Waals surface area (Å²) in [7, 11) is 0. The zero-order valence-corrected chi connectivity index (χ0v) is 11.6. The van der Waals surface area contributed by atoms with E-state index in [0.717, 1.165) is 24.9 Å². The second kappa shape index (κ2) is 5.27. The van der Waals surface area contributed by atoms with Crippen molar-refractivity contribution in [2.24, 2.45) is 5.73 Å². The van der Waals surface area contributed by atoms with Crippen LogP contribution in [0.4, 0.5) is 0 Å². The molecule has 3 rings (SSSR count). The maximum Gasteiger partial charge on any atom is 0.117 e. The standard InChI is InChI=1S/C14H22N2OS/c15-10-14(6-2-8-18-11-14)16(12-4-5-12)9-13-3-1-7-17-13/h1,3,7,12H,2,4-6,8-11,15H2. The fraction of sp³-hybridized carbons (Fsp3) is 0.714. The van der Waals surface area contributed by atoms with Crippen LogP contribution in [0.1, 0.15) is 31.4 Å². The molecule has 3 nitrogen and oxygen atoms in total. The van der Waals surface area contributed by atoms with E-state index in [9.17, 15) is 0 Å². The first kappa shape index (κ1) is 12.6. The van der Waals surface area contributed by atoms with Gasteiger partial charge >= 0.3 is 0 Å². The molecule has 0 bridgehead atoms. The van der Waals surface area contributed by atoms with Crippen LogP contribution in [0, 0.1) is 0 Å². The van der Waals surface area contributed by atoms with Crippen LogP contribution in [0.15, 0.2) is 22.8 Å².